The van der Waals surface area contributed by atoms with Crippen LogP contribution < -0.4 is 14.2 Å². The van der Waals surface area contributed by atoms with Crippen LogP contribution in [-0.2, 0) is 43.3 Å². The fourth-order valence-electron chi connectivity index (χ4n) is 10.1. The summed E-state index contributed by atoms with van der Waals surface area (Å²) in [6.07, 6.45) is 0. The molecule has 4 heteroatoms. The third-order valence-electron chi connectivity index (χ3n) is 16.7. The molecule has 7 aromatic carbocycles. The van der Waals surface area contributed by atoms with Crippen molar-refractivity contribution in [3.63, 3.8) is 0 Å². The van der Waals surface area contributed by atoms with Crippen LogP contribution in [0.5, 0.6) is 23.0 Å². The molecule has 7 aromatic rings. The third kappa shape index (κ3) is 18.7. The Hall–Kier alpha value is -8.90. The standard InChI is InChI=1S/C89H100O4/c1-82(2,3)70-40-58(41-71(54-70)83(4,5)6)28-32-62-48-68(79(91-25)51-65(62)34-30-60-44-74(86(13,14)15)56-75(45-60)87(16,17)18)38-36-64-50-78(90)81(93-27)53-67(64)37-39-69-49-63(33-29-59-42-72(84(7,8)9)55-73(43-59)85(10,11)12)66(52-80(69)92-26)35-31-61-46-76(88(19,20)21)57-77(47-61)89(22,23)24/h40-57,90H,1-27H3. The maximum absolute atomic E-state index is 11.4. The van der Waals surface area contributed by atoms with E-state index in [1.807, 2.05) is 24.3 Å². The Morgan fingerprint density at radius 3 is 0.581 bits per heavy atom. The number of rotatable bonds is 3. The van der Waals surface area contributed by atoms with Crippen molar-refractivity contribution in [1.82, 2.24) is 0 Å². The van der Waals surface area contributed by atoms with Crippen molar-refractivity contribution in [2.45, 2.75) is 209 Å². The van der Waals surface area contributed by atoms with Crippen LogP contribution in [-0.4, -0.2) is 26.4 Å². The normalized spacial score (nSPS) is 12.0. The number of ether oxygens (including phenoxy) is 3. The number of hydrogen-bond donors (Lipinski definition) is 1. The molecular weight excluding hydrogens is 1130 g/mol. The number of phenols is 1. The van der Waals surface area contributed by atoms with E-state index in [0.29, 0.717) is 56.0 Å². The molecule has 0 spiro atoms. The smallest absolute Gasteiger partial charge is 0.161 e. The van der Waals surface area contributed by atoms with Crippen LogP contribution in [0.4, 0.5) is 0 Å². The number of benzene rings is 7. The van der Waals surface area contributed by atoms with Gasteiger partial charge in [-0.1, -0.05) is 261 Å². The summed E-state index contributed by atoms with van der Waals surface area (Å²) in [5, 5.41) is 11.4. The van der Waals surface area contributed by atoms with Gasteiger partial charge < -0.3 is 19.3 Å². The van der Waals surface area contributed by atoms with E-state index in [4.69, 9.17) is 14.2 Å². The fraction of sp³-hybridized carbons (Fsp3) is 0.393. The second kappa shape index (κ2) is 27.0. The predicted molar refractivity (Wildman–Crippen MR) is 392 cm³/mol. The minimum Gasteiger partial charge on any atom is -0.504 e. The van der Waals surface area contributed by atoms with Crippen molar-refractivity contribution < 1.29 is 19.3 Å². The molecule has 4 nitrogen and oxygen atoms in total. The quantitative estimate of drug-likeness (QED) is 0.179. The fourth-order valence-corrected chi connectivity index (χ4v) is 10.1. The summed E-state index contributed by atoms with van der Waals surface area (Å²) in [6.45, 7) is 53.6. The zero-order chi connectivity index (χ0) is 69.2. The first-order valence-corrected chi connectivity index (χ1v) is 32.5. The van der Waals surface area contributed by atoms with Crippen molar-refractivity contribution >= 4 is 0 Å². The highest BCUT2D eigenvalue weighted by molar-refractivity contribution is 5.68. The predicted octanol–water partition coefficient (Wildman–Crippen LogP) is 20.2. The van der Waals surface area contributed by atoms with Crippen molar-refractivity contribution in [3.8, 4) is 94.0 Å². The van der Waals surface area contributed by atoms with E-state index in [0.717, 1.165) is 22.3 Å². The highest BCUT2D eigenvalue weighted by atomic mass is 16.5. The summed E-state index contributed by atoms with van der Waals surface area (Å²) < 4.78 is 18.0. The molecule has 0 saturated carbocycles. The third-order valence-corrected chi connectivity index (χ3v) is 16.7. The molecule has 0 aliphatic rings. The second-order valence-corrected chi connectivity index (χ2v) is 33.0. The van der Waals surface area contributed by atoms with Crippen molar-refractivity contribution in [3.05, 3.63) is 220 Å². The van der Waals surface area contributed by atoms with Crippen LogP contribution in [0, 0.1) is 71.0 Å². The van der Waals surface area contributed by atoms with Gasteiger partial charge in [0, 0.05) is 67.8 Å². The first-order valence-electron chi connectivity index (χ1n) is 32.5. The second-order valence-electron chi connectivity index (χ2n) is 33.0. The van der Waals surface area contributed by atoms with Crippen LogP contribution in [0.25, 0.3) is 0 Å². The minimum absolute atomic E-state index is 0.0835. The van der Waals surface area contributed by atoms with Crippen molar-refractivity contribution in [1.29, 1.82) is 0 Å². The number of phenolic OH excluding ortho intramolecular Hbond substituents is 1. The number of aromatic hydroxyl groups is 1. The van der Waals surface area contributed by atoms with E-state index >= 15 is 0 Å². The van der Waals surface area contributed by atoms with Crippen molar-refractivity contribution in [2.24, 2.45) is 0 Å². The summed E-state index contributed by atoms with van der Waals surface area (Å²) in [5.74, 6) is 43.2. The van der Waals surface area contributed by atoms with Crippen LogP contribution in [0.2, 0.25) is 0 Å². The average Bonchev–Trinajstić information content (AvgIpc) is 0.830. The van der Waals surface area contributed by atoms with E-state index < -0.39 is 0 Å². The van der Waals surface area contributed by atoms with Crippen LogP contribution in [0.3, 0.4) is 0 Å². The van der Waals surface area contributed by atoms with Gasteiger partial charge in [0.1, 0.15) is 11.5 Å². The zero-order valence-corrected chi connectivity index (χ0v) is 61.1. The summed E-state index contributed by atoms with van der Waals surface area (Å²) in [5.41, 5.74) is 17.6. The molecule has 0 aromatic heterocycles. The van der Waals surface area contributed by atoms with Gasteiger partial charge in [0.05, 0.1) is 32.5 Å². The molecule has 0 radical (unpaired) electrons. The average molecular weight is 1230 g/mol. The van der Waals surface area contributed by atoms with Gasteiger partial charge in [-0.2, -0.15) is 0 Å². The molecule has 0 amide bonds. The number of methoxy groups -OCH3 is 3. The summed E-state index contributed by atoms with van der Waals surface area (Å²) in [7, 11) is 4.79. The van der Waals surface area contributed by atoms with Crippen LogP contribution in [0.15, 0.2) is 109 Å². The van der Waals surface area contributed by atoms with Gasteiger partial charge in [0.25, 0.3) is 0 Å². The summed E-state index contributed by atoms with van der Waals surface area (Å²) in [6, 6.07) is 37.9. The first-order chi connectivity index (χ1) is 42.8. The molecule has 7 rings (SSSR count). The monoisotopic (exact) mass is 1230 g/mol. The molecule has 0 bridgehead atoms. The molecule has 480 valence electrons. The topological polar surface area (TPSA) is 47.9 Å². The SMILES string of the molecule is COc1cc(C#Cc2cc(C#Cc3cc(C(C)(C)C)cc(C(C)(C)C)c3)c(C#Cc3cc(C(C)(C)C)cc(C(C)(C)C)c3)cc2OC)c(C#Cc2cc(C#Cc3cc(C(C)(C)C)cc(C(C)(C)C)c3)c(C#Cc3cc(C(C)(C)C)cc(C(C)(C)C)c3)cc2OC)cc1O. The molecule has 0 heterocycles. The molecule has 0 atom stereocenters. The van der Waals surface area contributed by atoms with Crippen LogP contribution in [0.1, 0.15) is 277 Å². The Balaban J connectivity index is 1.45. The largest absolute Gasteiger partial charge is 0.504 e. The Kier molecular flexibility index (Phi) is 20.8. The lowest BCUT2D eigenvalue weighted by Crippen LogP contribution is -2.16. The molecule has 0 fully saturated rings. The Labute approximate surface area is 561 Å². The highest BCUT2D eigenvalue weighted by Gasteiger charge is 2.25. The lowest BCUT2D eigenvalue weighted by atomic mass is 9.79. The van der Waals surface area contributed by atoms with Crippen molar-refractivity contribution in [2.75, 3.05) is 21.3 Å². The van der Waals surface area contributed by atoms with Gasteiger partial charge in [-0.05, 0) is 161 Å². The lowest BCUT2D eigenvalue weighted by molar-refractivity contribution is 0.373. The van der Waals surface area contributed by atoms with Gasteiger partial charge >= 0.3 is 0 Å². The Morgan fingerprint density at radius 1 is 0.204 bits per heavy atom. The minimum atomic E-state index is -0.0963. The maximum atomic E-state index is 11.4. The maximum Gasteiger partial charge on any atom is 0.161 e. The van der Waals surface area contributed by atoms with Gasteiger partial charge in [0.15, 0.2) is 11.5 Å². The zero-order valence-electron chi connectivity index (χ0n) is 61.1. The molecule has 0 aliphatic heterocycles. The Morgan fingerprint density at radius 2 is 0.376 bits per heavy atom. The summed E-state index contributed by atoms with van der Waals surface area (Å²) >= 11 is 0. The molecule has 0 unspecified atom stereocenters. The van der Waals surface area contributed by atoms with Gasteiger partial charge in [0.2, 0.25) is 0 Å². The summed E-state index contributed by atoms with van der Waals surface area (Å²) in [4.78, 5) is 0. The first kappa shape index (κ1) is 71.5. The van der Waals surface area contributed by atoms with E-state index in [1.165, 1.54) is 51.6 Å². The molecule has 0 aliphatic carbocycles. The van der Waals surface area contributed by atoms with E-state index in [9.17, 15) is 5.11 Å². The number of hydrogen-bond acceptors (Lipinski definition) is 4. The van der Waals surface area contributed by atoms with E-state index in [-0.39, 0.29) is 54.8 Å². The Bertz CT molecular complexity index is 4290. The molecular formula is C89H100O4. The van der Waals surface area contributed by atoms with Gasteiger partial charge in [-0.3, -0.25) is 0 Å². The van der Waals surface area contributed by atoms with Crippen LogP contribution >= 0.6 is 0 Å². The molecule has 1 N–H and O–H groups in total. The van der Waals surface area contributed by atoms with Gasteiger partial charge in [-0.15, -0.1) is 0 Å². The lowest BCUT2D eigenvalue weighted by Gasteiger charge is -2.25. The van der Waals surface area contributed by atoms with E-state index in [1.54, 1.807) is 26.4 Å². The van der Waals surface area contributed by atoms with Gasteiger partial charge in [-0.25, -0.2) is 0 Å². The molecule has 93 heavy (non-hydrogen) atoms. The highest BCUT2D eigenvalue weighted by Crippen LogP contribution is 2.37. The van der Waals surface area contributed by atoms with E-state index in [2.05, 4.69) is 310 Å². The molecule has 0 saturated heterocycles.